The summed E-state index contributed by atoms with van der Waals surface area (Å²) in [4.78, 5) is 9.42. The number of aliphatic imine (C=N–C) groups is 1. The largest absolute Gasteiger partial charge is 0.264 e. The standard InChI is InChI=1S/C24H20N4/c1-17-23(19-11-6-3-7-12-19)24-26-21(18-9-4-2-5-10-18)15-22(28(24)27-17)20-13-8-14-25-16-20/h2-14,16,22H,15H2,1H3/t22-/m1/s1. The second-order valence-electron chi connectivity index (χ2n) is 7.03. The van der Waals surface area contributed by atoms with E-state index < -0.39 is 0 Å². The van der Waals surface area contributed by atoms with Crippen LogP contribution in [-0.4, -0.2) is 20.5 Å². The zero-order chi connectivity index (χ0) is 18.9. The molecule has 0 saturated heterocycles. The van der Waals surface area contributed by atoms with Crippen LogP contribution in [-0.2, 0) is 0 Å². The molecule has 136 valence electrons. The molecule has 4 aromatic rings. The fourth-order valence-corrected chi connectivity index (χ4v) is 3.89. The fraction of sp³-hybridized carbons (Fsp3) is 0.125. The van der Waals surface area contributed by atoms with Crippen LogP contribution in [0.2, 0.25) is 0 Å². The van der Waals surface area contributed by atoms with Crippen LogP contribution in [0.3, 0.4) is 0 Å². The van der Waals surface area contributed by atoms with Gasteiger partial charge in [-0.3, -0.25) is 4.98 Å². The minimum absolute atomic E-state index is 0.0765. The van der Waals surface area contributed by atoms with Crippen LogP contribution in [0.1, 0.15) is 29.3 Å². The zero-order valence-corrected chi connectivity index (χ0v) is 15.7. The van der Waals surface area contributed by atoms with E-state index in [0.717, 1.165) is 45.9 Å². The number of nitrogens with zero attached hydrogens (tertiary/aromatic N) is 4. The van der Waals surface area contributed by atoms with Gasteiger partial charge in [0.25, 0.3) is 0 Å². The summed E-state index contributed by atoms with van der Waals surface area (Å²) < 4.78 is 2.07. The highest BCUT2D eigenvalue weighted by Crippen LogP contribution is 2.41. The summed E-state index contributed by atoms with van der Waals surface area (Å²) in [7, 11) is 0. The van der Waals surface area contributed by atoms with Crippen LogP contribution >= 0.6 is 0 Å². The molecule has 0 aliphatic carbocycles. The Balaban J connectivity index is 1.73. The Morgan fingerprint density at radius 3 is 2.25 bits per heavy atom. The minimum atomic E-state index is 0.0765. The molecule has 0 N–H and O–H groups in total. The monoisotopic (exact) mass is 364 g/mol. The lowest BCUT2D eigenvalue weighted by atomic mass is 9.96. The first-order chi connectivity index (χ1) is 13.8. The van der Waals surface area contributed by atoms with E-state index in [9.17, 15) is 0 Å². The van der Waals surface area contributed by atoms with Crippen molar-refractivity contribution in [2.24, 2.45) is 4.99 Å². The lowest BCUT2D eigenvalue weighted by molar-refractivity contribution is 0.528. The van der Waals surface area contributed by atoms with E-state index in [1.165, 1.54) is 0 Å². The van der Waals surface area contributed by atoms with E-state index in [4.69, 9.17) is 10.1 Å². The Morgan fingerprint density at radius 1 is 0.857 bits per heavy atom. The lowest BCUT2D eigenvalue weighted by Crippen LogP contribution is -2.21. The van der Waals surface area contributed by atoms with Crippen molar-refractivity contribution in [2.45, 2.75) is 19.4 Å². The number of hydrogen-bond donors (Lipinski definition) is 0. The Kier molecular flexibility index (Phi) is 4.09. The smallest absolute Gasteiger partial charge is 0.159 e. The van der Waals surface area contributed by atoms with Crippen molar-refractivity contribution in [1.82, 2.24) is 14.8 Å². The number of hydrogen-bond acceptors (Lipinski definition) is 3. The molecule has 0 spiro atoms. The molecule has 0 radical (unpaired) electrons. The van der Waals surface area contributed by atoms with E-state index in [1.54, 1.807) is 0 Å². The minimum Gasteiger partial charge on any atom is -0.264 e. The predicted molar refractivity (Wildman–Crippen MR) is 112 cm³/mol. The molecule has 5 rings (SSSR count). The van der Waals surface area contributed by atoms with Gasteiger partial charge in [-0.15, -0.1) is 0 Å². The van der Waals surface area contributed by atoms with Crippen molar-refractivity contribution >= 4 is 11.5 Å². The van der Waals surface area contributed by atoms with Crippen molar-refractivity contribution < 1.29 is 0 Å². The number of pyridine rings is 1. The first-order valence-electron chi connectivity index (χ1n) is 9.48. The van der Waals surface area contributed by atoms with Crippen molar-refractivity contribution in [1.29, 1.82) is 0 Å². The van der Waals surface area contributed by atoms with Crippen molar-refractivity contribution in [3.05, 3.63) is 102 Å². The Labute approximate surface area is 164 Å². The average molecular weight is 364 g/mol. The van der Waals surface area contributed by atoms with Crippen LogP contribution in [0.5, 0.6) is 0 Å². The molecule has 0 saturated carbocycles. The first kappa shape index (κ1) is 16.6. The molecule has 2 aromatic heterocycles. The maximum absolute atomic E-state index is 5.09. The third kappa shape index (κ3) is 2.83. The molecule has 0 bridgehead atoms. The second kappa shape index (κ2) is 6.89. The molecule has 4 heteroatoms. The molecule has 2 aromatic carbocycles. The highest BCUT2D eigenvalue weighted by molar-refractivity contribution is 6.04. The van der Waals surface area contributed by atoms with Crippen LogP contribution in [0, 0.1) is 6.92 Å². The first-order valence-corrected chi connectivity index (χ1v) is 9.48. The third-order valence-corrected chi connectivity index (χ3v) is 5.22. The highest BCUT2D eigenvalue weighted by Gasteiger charge is 2.29. The van der Waals surface area contributed by atoms with Crippen LogP contribution in [0.4, 0.5) is 5.82 Å². The van der Waals surface area contributed by atoms with Gasteiger partial charge < -0.3 is 0 Å². The van der Waals surface area contributed by atoms with Gasteiger partial charge in [0.1, 0.15) is 0 Å². The van der Waals surface area contributed by atoms with Gasteiger partial charge in [0, 0.05) is 24.4 Å². The average Bonchev–Trinajstić information content (AvgIpc) is 3.10. The fourth-order valence-electron chi connectivity index (χ4n) is 3.89. The van der Waals surface area contributed by atoms with E-state index in [2.05, 4.69) is 71.2 Å². The van der Waals surface area contributed by atoms with Gasteiger partial charge in [-0.1, -0.05) is 66.7 Å². The van der Waals surface area contributed by atoms with Crippen LogP contribution in [0.15, 0.2) is 90.2 Å². The number of aromatic nitrogens is 3. The molecule has 1 aliphatic heterocycles. The second-order valence-corrected chi connectivity index (χ2v) is 7.03. The Morgan fingerprint density at radius 2 is 1.57 bits per heavy atom. The molecular weight excluding hydrogens is 344 g/mol. The number of aryl methyl sites for hydroxylation is 1. The Bertz CT molecular complexity index is 1130. The normalized spacial score (nSPS) is 15.8. The van der Waals surface area contributed by atoms with Crippen molar-refractivity contribution in [2.75, 3.05) is 0 Å². The summed E-state index contributed by atoms with van der Waals surface area (Å²) in [5.41, 5.74) is 6.62. The molecule has 4 nitrogen and oxygen atoms in total. The summed E-state index contributed by atoms with van der Waals surface area (Å²) in [6.45, 7) is 2.06. The number of rotatable bonds is 3. The number of fused-ring (bicyclic) bond motifs is 1. The summed E-state index contributed by atoms with van der Waals surface area (Å²) in [5, 5.41) is 4.90. The van der Waals surface area contributed by atoms with E-state index in [-0.39, 0.29) is 6.04 Å². The molecule has 28 heavy (non-hydrogen) atoms. The van der Waals surface area contributed by atoms with E-state index in [0.29, 0.717) is 0 Å². The van der Waals surface area contributed by atoms with Gasteiger partial charge >= 0.3 is 0 Å². The van der Waals surface area contributed by atoms with Gasteiger partial charge in [-0.25, -0.2) is 9.67 Å². The van der Waals surface area contributed by atoms with Gasteiger partial charge in [0.05, 0.1) is 17.4 Å². The quantitative estimate of drug-likeness (QED) is 0.491. The number of benzene rings is 2. The SMILES string of the molecule is Cc1nn2c(c1-c1ccccc1)N=C(c1ccccc1)C[C@@H]2c1cccnc1. The van der Waals surface area contributed by atoms with Crippen molar-refractivity contribution in [3.63, 3.8) is 0 Å². The molecule has 1 aliphatic rings. The van der Waals surface area contributed by atoms with Gasteiger partial charge in [0.2, 0.25) is 0 Å². The highest BCUT2D eigenvalue weighted by atomic mass is 15.4. The summed E-state index contributed by atoms with van der Waals surface area (Å²) >= 11 is 0. The molecule has 0 unspecified atom stereocenters. The molecule has 0 fully saturated rings. The van der Waals surface area contributed by atoms with E-state index in [1.807, 2.05) is 30.6 Å². The van der Waals surface area contributed by atoms with Crippen LogP contribution < -0.4 is 0 Å². The molecule has 1 atom stereocenters. The third-order valence-electron chi connectivity index (χ3n) is 5.22. The van der Waals surface area contributed by atoms with Crippen molar-refractivity contribution in [3.8, 4) is 11.1 Å². The maximum atomic E-state index is 5.09. The summed E-state index contributed by atoms with van der Waals surface area (Å²) in [6.07, 6.45) is 4.53. The molecular formula is C24H20N4. The maximum Gasteiger partial charge on any atom is 0.159 e. The zero-order valence-electron chi connectivity index (χ0n) is 15.7. The van der Waals surface area contributed by atoms with Gasteiger partial charge in [-0.2, -0.15) is 5.10 Å². The van der Waals surface area contributed by atoms with Gasteiger partial charge in [0.15, 0.2) is 5.82 Å². The Hall–Kier alpha value is -3.53. The lowest BCUT2D eigenvalue weighted by Gasteiger charge is -2.25. The predicted octanol–water partition coefficient (Wildman–Crippen LogP) is 5.37. The van der Waals surface area contributed by atoms with Crippen LogP contribution in [0.25, 0.3) is 11.1 Å². The topological polar surface area (TPSA) is 43.1 Å². The van der Waals surface area contributed by atoms with E-state index >= 15 is 0 Å². The molecule has 3 heterocycles. The van der Waals surface area contributed by atoms with Gasteiger partial charge in [-0.05, 0) is 29.7 Å². The molecule has 0 amide bonds. The summed E-state index contributed by atoms with van der Waals surface area (Å²) in [6, 6.07) is 25.0. The summed E-state index contributed by atoms with van der Waals surface area (Å²) in [5.74, 6) is 0.919.